The van der Waals surface area contributed by atoms with Gasteiger partial charge in [0.25, 0.3) is 0 Å². The van der Waals surface area contributed by atoms with Gasteiger partial charge in [-0.25, -0.2) is 0 Å². The maximum absolute atomic E-state index is 11.8. The lowest BCUT2D eigenvalue weighted by atomic mass is 10.1. The normalized spacial score (nSPS) is 23.6. The van der Waals surface area contributed by atoms with Crippen molar-refractivity contribution in [3.05, 3.63) is 33.8 Å². The van der Waals surface area contributed by atoms with Crippen LogP contribution in [0, 0.1) is 0 Å². The minimum absolute atomic E-state index is 0.0501. The number of carbonyl (C=O) groups is 1. The lowest BCUT2D eigenvalue weighted by molar-refractivity contribution is -0.123. The first kappa shape index (κ1) is 15.5. The van der Waals surface area contributed by atoms with Gasteiger partial charge in [0.05, 0.1) is 18.2 Å². The lowest BCUT2D eigenvalue weighted by Gasteiger charge is -2.16. The molecular weight excluding hydrogens is 303 g/mol. The molecule has 3 atom stereocenters. The van der Waals surface area contributed by atoms with E-state index in [-0.39, 0.29) is 12.5 Å². The van der Waals surface area contributed by atoms with E-state index < -0.39 is 18.2 Å². The molecule has 1 fully saturated rings. The summed E-state index contributed by atoms with van der Waals surface area (Å²) in [7, 11) is 0. The first-order chi connectivity index (χ1) is 9.47. The van der Waals surface area contributed by atoms with Crippen molar-refractivity contribution in [1.82, 2.24) is 10.6 Å². The van der Waals surface area contributed by atoms with Gasteiger partial charge in [-0.05, 0) is 18.6 Å². The van der Waals surface area contributed by atoms with E-state index in [4.69, 9.17) is 23.2 Å². The monoisotopic (exact) mass is 318 g/mol. The summed E-state index contributed by atoms with van der Waals surface area (Å²) in [5, 5.41) is 25.7. The van der Waals surface area contributed by atoms with Crippen molar-refractivity contribution in [1.29, 1.82) is 0 Å². The van der Waals surface area contributed by atoms with Crippen molar-refractivity contribution in [3.8, 4) is 0 Å². The van der Waals surface area contributed by atoms with Crippen LogP contribution in [0.1, 0.15) is 18.1 Å². The summed E-state index contributed by atoms with van der Waals surface area (Å²) in [4.78, 5) is 11.8. The van der Waals surface area contributed by atoms with Crippen LogP contribution in [-0.4, -0.2) is 41.4 Å². The topological polar surface area (TPSA) is 81.6 Å². The highest BCUT2D eigenvalue weighted by atomic mass is 35.5. The van der Waals surface area contributed by atoms with Gasteiger partial charge >= 0.3 is 0 Å². The SMILES string of the molecule is O=C(NC[C@H](O)c1ccc(Cl)cc1Cl)[C@@H]1C[C@@H](O)CN1. The smallest absolute Gasteiger partial charge is 0.237 e. The highest BCUT2D eigenvalue weighted by Gasteiger charge is 2.28. The van der Waals surface area contributed by atoms with Crippen LogP contribution in [-0.2, 0) is 4.79 Å². The molecule has 1 amide bonds. The second-order valence-electron chi connectivity index (χ2n) is 4.78. The molecule has 0 aromatic heterocycles. The average Bonchev–Trinajstić information content (AvgIpc) is 2.82. The van der Waals surface area contributed by atoms with Crippen molar-refractivity contribution < 1.29 is 15.0 Å². The van der Waals surface area contributed by atoms with Gasteiger partial charge in [-0.2, -0.15) is 0 Å². The van der Waals surface area contributed by atoms with E-state index in [1.807, 2.05) is 0 Å². The molecule has 1 saturated heterocycles. The summed E-state index contributed by atoms with van der Waals surface area (Å²) >= 11 is 11.8. The Hall–Kier alpha value is -0.850. The molecule has 0 spiro atoms. The van der Waals surface area contributed by atoms with E-state index in [2.05, 4.69) is 10.6 Å². The number of halogens is 2. The van der Waals surface area contributed by atoms with Gasteiger partial charge in [-0.1, -0.05) is 29.3 Å². The predicted octanol–water partition coefficient (Wildman–Crippen LogP) is 0.866. The van der Waals surface area contributed by atoms with Crippen LogP contribution in [0.3, 0.4) is 0 Å². The quantitative estimate of drug-likeness (QED) is 0.664. The van der Waals surface area contributed by atoms with Crippen LogP contribution < -0.4 is 10.6 Å². The van der Waals surface area contributed by atoms with Gasteiger partial charge in [0, 0.05) is 28.7 Å². The Morgan fingerprint density at radius 3 is 2.85 bits per heavy atom. The van der Waals surface area contributed by atoms with Crippen LogP contribution in [0.5, 0.6) is 0 Å². The Balaban J connectivity index is 1.88. The van der Waals surface area contributed by atoms with Gasteiger partial charge in [0.1, 0.15) is 0 Å². The van der Waals surface area contributed by atoms with E-state index in [0.717, 1.165) is 0 Å². The fourth-order valence-corrected chi connectivity index (χ4v) is 2.65. The van der Waals surface area contributed by atoms with E-state index in [1.54, 1.807) is 18.2 Å². The second kappa shape index (κ2) is 6.74. The summed E-state index contributed by atoms with van der Waals surface area (Å²) in [5.74, 6) is -0.245. The molecule has 0 unspecified atom stereocenters. The summed E-state index contributed by atoms with van der Waals surface area (Å²) < 4.78 is 0. The van der Waals surface area contributed by atoms with Gasteiger partial charge in [-0.3, -0.25) is 4.79 Å². The Morgan fingerprint density at radius 2 is 2.25 bits per heavy atom. The Morgan fingerprint density at radius 1 is 1.50 bits per heavy atom. The van der Waals surface area contributed by atoms with Crippen LogP contribution >= 0.6 is 23.2 Å². The lowest BCUT2D eigenvalue weighted by Crippen LogP contribution is -2.41. The van der Waals surface area contributed by atoms with Crippen LogP contribution in [0.15, 0.2) is 18.2 Å². The minimum Gasteiger partial charge on any atom is -0.392 e. The maximum Gasteiger partial charge on any atom is 0.237 e. The summed E-state index contributed by atoms with van der Waals surface area (Å²) in [6.07, 6.45) is -1.03. The third kappa shape index (κ3) is 3.84. The van der Waals surface area contributed by atoms with Crippen LogP contribution in [0.25, 0.3) is 0 Å². The van der Waals surface area contributed by atoms with E-state index in [9.17, 15) is 15.0 Å². The van der Waals surface area contributed by atoms with Crippen molar-refractivity contribution in [2.45, 2.75) is 24.7 Å². The number of hydrogen-bond acceptors (Lipinski definition) is 4. The predicted molar refractivity (Wildman–Crippen MR) is 76.8 cm³/mol. The molecule has 1 aliphatic heterocycles. The number of aliphatic hydroxyl groups excluding tert-OH is 2. The molecule has 1 heterocycles. The molecule has 20 heavy (non-hydrogen) atoms. The average molecular weight is 319 g/mol. The van der Waals surface area contributed by atoms with Gasteiger partial charge in [0.2, 0.25) is 5.91 Å². The van der Waals surface area contributed by atoms with E-state index in [0.29, 0.717) is 28.6 Å². The zero-order chi connectivity index (χ0) is 14.7. The van der Waals surface area contributed by atoms with Crippen molar-refractivity contribution in [2.75, 3.05) is 13.1 Å². The molecule has 5 nitrogen and oxygen atoms in total. The van der Waals surface area contributed by atoms with Gasteiger partial charge in [-0.15, -0.1) is 0 Å². The first-order valence-corrected chi connectivity index (χ1v) is 7.05. The summed E-state index contributed by atoms with van der Waals surface area (Å²) in [6, 6.07) is 4.37. The Kier molecular flexibility index (Phi) is 5.23. The van der Waals surface area contributed by atoms with E-state index >= 15 is 0 Å². The molecule has 2 rings (SSSR count). The molecule has 1 aromatic carbocycles. The number of nitrogens with one attached hydrogen (secondary N) is 2. The molecule has 0 radical (unpaired) electrons. The van der Waals surface area contributed by atoms with E-state index in [1.165, 1.54) is 0 Å². The summed E-state index contributed by atoms with van der Waals surface area (Å²) in [6.45, 7) is 0.456. The van der Waals surface area contributed by atoms with Crippen LogP contribution in [0.2, 0.25) is 10.0 Å². The molecule has 0 saturated carbocycles. The zero-order valence-electron chi connectivity index (χ0n) is 10.6. The molecule has 7 heteroatoms. The Bertz CT molecular complexity index is 499. The number of rotatable bonds is 4. The van der Waals surface area contributed by atoms with Crippen molar-refractivity contribution in [2.24, 2.45) is 0 Å². The number of carbonyl (C=O) groups excluding carboxylic acids is 1. The number of aliphatic hydroxyl groups is 2. The number of hydrogen-bond donors (Lipinski definition) is 4. The molecule has 1 aliphatic rings. The summed E-state index contributed by atoms with van der Waals surface area (Å²) in [5.41, 5.74) is 0.510. The number of benzene rings is 1. The highest BCUT2D eigenvalue weighted by molar-refractivity contribution is 6.35. The van der Waals surface area contributed by atoms with Gasteiger partial charge < -0.3 is 20.8 Å². The Labute approximate surface area is 126 Å². The zero-order valence-corrected chi connectivity index (χ0v) is 12.2. The minimum atomic E-state index is -0.907. The number of β-amino-alcohol motifs (C(OH)–C–C–N with tert-alkyl or cyclic N) is 1. The number of amides is 1. The largest absolute Gasteiger partial charge is 0.392 e. The molecular formula is C13H16Cl2N2O3. The van der Waals surface area contributed by atoms with Crippen molar-refractivity contribution in [3.63, 3.8) is 0 Å². The van der Waals surface area contributed by atoms with Gasteiger partial charge in [0.15, 0.2) is 0 Å². The van der Waals surface area contributed by atoms with Crippen molar-refractivity contribution >= 4 is 29.1 Å². The molecule has 1 aromatic rings. The fraction of sp³-hybridized carbons (Fsp3) is 0.462. The van der Waals surface area contributed by atoms with Crippen LogP contribution in [0.4, 0.5) is 0 Å². The second-order valence-corrected chi connectivity index (χ2v) is 5.62. The third-order valence-corrected chi connectivity index (χ3v) is 3.78. The first-order valence-electron chi connectivity index (χ1n) is 6.29. The third-order valence-electron chi connectivity index (χ3n) is 3.22. The fourth-order valence-electron chi connectivity index (χ4n) is 2.12. The highest BCUT2D eigenvalue weighted by Crippen LogP contribution is 2.25. The molecule has 0 aliphatic carbocycles. The molecule has 110 valence electrons. The maximum atomic E-state index is 11.8. The molecule has 4 N–H and O–H groups in total. The standard InChI is InChI=1S/C13H16Cl2N2O3/c14-7-1-2-9(10(15)3-7)12(19)6-17-13(20)11-4-8(18)5-16-11/h1-3,8,11-12,16,18-19H,4-6H2,(H,17,20)/t8-,11+,12+/m1/s1. The molecule has 0 bridgehead atoms.